The van der Waals surface area contributed by atoms with Crippen LogP contribution >= 0.6 is 0 Å². The van der Waals surface area contributed by atoms with Gasteiger partial charge in [-0.3, -0.25) is 19.3 Å². The number of nitrogens with one attached hydrogen (secondary N) is 1. The van der Waals surface area contributed by atoms with Crippen molar-refractivity contribution in [1.29, 1.82) is 0 Å². The lowest BCUT2D eigenvalue weighted by Gasteiger charge is -2.34. The van der Waals surface area contributed by atoms with Crippen LogP contribution in [-0.2, 0) is 11.3 Å². The van der Waals surface area contributed by atoms with E-state index in [0.717, 1.165) is 0 Å². The Morgan fingerprint density at radius 2 is 1.86 bits per heavy atom. The highest BCUT2D eigenvalue weighted by Crippen LogP contribution is 2.13. The van der Waals surface area contributed by atoms with Crippen molar-refractivity contribution in [3.8, 4) is 0 Å². The highest BCUT2D eigenvalue weighted by atomic mass is 16.4. The molecular formula is C20H26N4O4. The van der Waals surface area contributed by atoms with E-state index in [4.69, 9.17) is 4.42 Å². The van der Waals surface area contributed by atoms with Gasteiger partial charge in [0.25, 0.3) is 11.5 Å². The van der Waals surface area contributed by atoms with Gasteiger partial charge in [-0.2, -0.15) is 0 Å². The second kappa shape index (κ2) is 8.88. The lowest BCUT2D eigenvalue weighted by molar-refractivity contribution is -0.123. The number of furan rings is 1. The maximum Gasteiger partial charge on any atom is 0.289 e. The molecule has 0 aromatic carbocycles. The number of nitrogens with zero attached hydrogens (tertiary/aromatic N) is 3. The fourth-order valence-corrected chi connectivity index (χ4v) is 3.17. The van der Waals surface area contributed by atoms with Crippen molar-refractivity contribution in [3.63, 3.8) is 0 Å². The predicted octanol–water partition coefficient (Wildman–Crippen LogP) is 0.772. The van der Waals surface area contributed by atoms with E-state index in [1.807, 2.05) is 18.7 Å². The molecule has 150 valence electrons. The molecule has 2 amide bonds. The first-order valence-electron chi connectivity index (χ1n) is 9.47. The molecule has 8 nitrogen and oxygen atoms in total. The Morgan fingerprint density at radius 1 is 1.11 bits per heavy atom. The van der Waals surface area contributed by atoms with Gasteiger partial charge in [-0.05, 0) is 32.0 Å². The third-order valence-corrected chi connectivity index (χ3v) is 4.57. The van der Waals surface area contributed by atoms with E-state index < -0.39 is 0 Å². The number of carbonyl (C=O) groups is 2. The van der Waals surface area contributed by atoms with Crippen molar-refractivity contribution < 1.29 is 14.0 Å². The summed E-state index contributed by atoms with van der Waals surface area (Å²) in [6, 6.07) is 8.43. The van der Waals surface area contributed by atoms with Crippen LogP contribution in [0, 0.1) is 0 Å². The summed E-state index contributed by atoms with van der Waals surface area (Å²) in [5.41, 5.74) is -0.121. The van der Waals surface area contributed by atoms with Crippen LogP contribution in [0.1, 0.15) is 30.2 Å². The fourth-order valence-electron chi connectivity index (χ4n) is 3.17. The lowest BCUT2D eigenvalue weighted by atomic mass is 10.2. The summed E-state index contributed by atoms with van der Waals surface area (Å²) in [7, 11) is 0. The van der Waals surface area contributed by atoms with Crippen molar-refractivity contribution in [1.82, 2.24) is 19.7 Å². The quantitative estimate of drug-likeness (QED) is 0.792. The monoisotopic (exact) mass is 386 g/mol. The Morgan fingerprint density at radius 3 is 2.54 bits per heavy atom. The first kappa shape index (κ1) is 19.9. The summed E-state index contributed by atoms with van der Waals surface area (Å²) in [5, 5.41) is 2.88. The zero-order valence-electron chi connectivity index (χ0n) is 16.3. The van der Waals surface area contributed by atoms with Gasteiger partial charge in [0.1, 0.15) is 5.76 Å². The Hall–Kier alpha value is -2.87. The molecule has 0 atom stereocenters. The van der Waals surface area contributed by atoms with Crippen LogP contribution in [0.4, 0.5) is 0 Å². The Bertz CT molecular complexity index is 878. The summed E-state index contributed by atoms with van der Waals surface area (Å²) >= 11 is 0. The molecule has 0 saturated carbocycles. The van der Waals surface area contributed by atoms with E-state index in [1.165, 1.54) is 10.6 Å². The average molecular weight is 386 g/mol. The average Bonchev–Trinajstić information content (AvgIpc) is 3.11. The number of carbonyl (C=O) groups excluding carboxylic acids is 2. The highest BCUT2D eigenvalue weighted by Gasteiger charge is 2.25. The molecule has 1 N–H and O–H groups in total. The Kier molecular flexibility index (Phi) is 6.30. The molecule has 1 aliphatic heterocycles. The van der Waals surface area contributed by atoms with Gasteiger partial charge in [-0.15, -0.1) is 0 Å². The molecule has 1 saturated heterocycles. The minimum absolute atomic E-state index is 0.00149. The summed E-state index contributed by atoms with van der Waals surface area (Å²) in [5.74, 6) is 0.658. The molecule has 2 aromatic rings. The van der Waals surface area contributed by atoms with Crippen LogP contribution in [0.5, 0.6) is 0 Å². The third kappa shape index (κ3) is 5.10. The molecule has 1 fully saturated rings. The minimum atomic E-state index is -0.169. The molecule has 0 radical (unpaired) electrons. The Balaban J connectivity index is 1.53. The van der Waals surface area contributed by atoms with Crippen molar-refractivity contribution in [3.05, 3.63) is 58.4 Å². The van der Waals surface area contributed by atoms with Gasteiger partial charge in [0.15, 0.2) is 5.76 Å². The number of pyridine rings is 1. The van der Waals surface area contributed by atoms with Crippen LogP contribution in [0.2, 0.25) is 0 Å². The molecule has 0 aliphatic carbocycles. The maximum absolute atomic E-state index is 12.7. The van der Waals surface area contributed by atoms with Gasteiger partial charge < -0.3 is 19.2 Å². The van der Waals surface area contributed by atoms with E-state index in [0.29, 0.717) is 38.5 Å². The lowest BCUT2D eigenvalue weighted by Crippen LogP contribution is -2.51. The third-order valence-electron chi connectivity index (χ3n) is 4.57. The van der Waals surface area contributed by atoms with Crippen molar-refractivity contribution >= 4 is 11.8 Å². The molecule has 3 heterocycles. The summed E-state index contributed by atoms with van der Waals surface area (Å²) in [6.07, 6.45) is 1.68. The van der Waals surface area contributed by atoms with Crippen LogP contribution in [-0.4, -0.2) is 64.9 Å². The normalized spacial score (nSPS) is 15.0. The van der Waals surface area contributed by atoms with E-state index >= 15 is 0 Å². The fraction of sp³-hybridized carbons (Fsp3) is 0.450. The molecule has 2 aromatic heterocycles. The standard InChI is InChI=1S/C20H26N4O4/c1-15(2)21-18(25)14-22-9-11-23(12-10-22)20(27)17-7-6-16(28-17)13-24-8-4-3-5-19(24)26/h3-8,15H,9-14H2,1-2H3,(H,21,25). The second-order valence-corrected chi connectivity index (χ2v) is 7.22. The molecular weight excluding hydrogens is 360 g/mol. The van der Waals surface area contributed by atoms with Gasteiger partial charge in [0.2, 0.25) is 5.91 Å². The van der Waals surface area contributed by atoms with E-state index in [1.54, 1.807) is 35.4 Å². The number of rotatable bonds is 6. The Labute approximate surface area is 163 Å². The largest absolute Gasteiger partial charge is 0.454 e. The molecule has 28 heavy (non-hydrogen) atoms. The van der Waals surface area contributed by atoms with Crippen molar-refractivity contribution in [2.45, 2.75) is 26.4 Å². The number of amides is 2. The molecule has 3 rings (SSSR count). The number of aromatic nitrogens is 1. The van der Waals surface area contributed by atoms with Gasteiger partial charge in [-0.25, -0.2) is 0 Å². The van der Waals surface area contributed by atoms with Crippen LogP contribution in [0.15, 0.2) is 45.7 Å². The van der Waals surface area contributed by atoms with Crippen molar-refractivity contribution in [2.75, 3.05) is 32.7 Å². The number of piperazine rings is 1. The van der Waals surface area contributed by atoms with Gasteiger partial charge in [0.05, 0.1) is 13.1 Å². The second-order valence-electron chi connectivity index (χ2n) is 7.22. The number of hydrogen-bond acceptors (Lipinski definition) is 5. The molecule has 0 bridgehead atoms. The molecule has 8 heteroatoms. The first-order valence-corrected chi connectivity index (χ1v) is 9.47. The highest BCUT2D eigenvalue weighted by molar-refractivity contribution is 5.91. The smallest absolute Gasteiger partial charge is 0.289 e. The van der Waals surface area contributed by atoms with Gasteiger partial charge >= 0.3 is 0 Å². The topological polar surface area (TPSA) is 87.8 Å². The van der Waals surface area contributed by atoms with Gasteiger partial charge in [0, 0.05) is 44.5 Å². The predicted molar refractivity (Wildman–Crippen MR) is 104 cm³/mol. The SMILES string of the molecule is CC(C)NC(=O)CN1CCN(C(=O)c2ccc(Cn3ccccc3=O)o2)CC1. The van der Waals surface area contributed by atoms with Crippen LogP contribution < -0.4 is 10.9 Å². The molecule has 1 aliphatic rings. The molecule has 0 spiro atoms. The van der Waals surface area contributed by atoms with Crippen LogP contribution in [0.25, 0.3) is 0 Å². The van der Waals surface area contributed by atoms with E-state index in [-0.39, 0.29) is 35.7 Å². The van der Waals surface area contributed by atoms with Crippen LogP contribution in [0.3, 0.4) is 0 Å². The zero-order valence-corrected chi connectivity index (χ0v) is 16.3. The maximum atomic E-state index is 12.7. The summed E-state index contributed by atoms with van der Waals surface area (Å²) in [4.78, 5) is 40.1. The number of hydrogen-bond donors (Lipinski definition) is 1. The zero-order chi connectivity index (χ0) is 20.1. The molecule has 0 unspecified atom stereocenters. The van der Waals surface area contributed by atoms with Crippen molar-refractivity contribution in [2.24, 2.45) is 0 Å². The summed E-state index contributed by atoms with van der Waals surface area (Å²) < 4.78 is 7.19. The van der Waals surface area contributed by atoms with Gasteiger partial charge in [-0.1, -0.05) is 6.07 Å². The minimum Gasteiger partial charge on any atom is -0.454 e. The van der Waals surface area contributed by atoms with E-state index in [9.17, 15) is 14.4 Å². The van der Waals surface area contributed by atoms with E-state index in [2.05, 4.69) is 5.32 Å². The first-order chi connectivity index (χ1) is 13.4. The summed E-state index contributed by atoms with van der Waals surface area (Å²) in [6.45, 7) is 6.86.